The average molecular weight is 570 g/mol. The SMILES string of the molecule is CCNC(=O)[C@H](Cc1ccccc1)N(Cc1ccccc1)C(=O)CN(c1ccc(C)cc1)S(=O)(=O)c1ccccc1. The third-order valence-corrected chi connectivity index (χ3v) is 8.54. The van der Waals surface area contributed by atoms with Gasteiger partial charge in [0, 0.05) is 19.5 Å². The molecule has 1 atom stereocenters. The van der Waals surface area contributed by atoms with E-state index < -0.39 is 28.5 Å². The molecule has 4 aromatic carbocycles. The first-order chi connectivity index (χ1) is 19.8. The Morgan fingerprint density at radius 2 is 1.29 bits per heavy atom. The molecule has 8 heteroatoms. The number of amides is 2. The van der Waals surface area contributed by atoms with Gasteiger partial charge in [-0.05, 0) is 49.2 Å². The molecule has 0 aliphatic rings. The Hall–Kier alpha value is -4.43. The molecule has 212 valence electrons. The minimum Gasteiger partial charge on any atom is -0.355 e. The molecule has 0 unspecified atom stereocenters. The molecule has 0 saturated heterocycles. The van der Waals surface area contributed by atoms with Crippen molar-refractivity contribution in [1.82, 2.24) is 10.2 Å². The molecule has 7 nitrogen and oxygen atoms in total. The van der Waals surface area contributed by atoms with Gasteiger partial charge in [-0.25, -0.2) is 8.42 Å². The quantitative estimate of drug-likeness (QED) is 0.261. The molecule has 2 amide bonds. The minimum atomic E-state index is -4.10. The van der Waals surface area contributed by atoms with Crippen LogP contribution in [0.1, 0.15) is 23.6 Å². The normalized spacial score (nSPS) is 11.9. The van der Waals surface area contributed by atoms with Gasteiger partial charge < -0.3 is 10.2 Å². The van der Waals surface area contributed by atoms with E-state index in [9.17, 15) is 18.0 Å². The van der Waals surface area contributed by atoms with Crippen molar-refractivity contribution in [3.63, 3.8) is 0 Å². The Labute approximate surface area is 242 Å². The van der Waals surface area contributed by atoms with Crippen LogP contribution in [-0.2, 0) is 32.6 Å². The van der Waals surface area contributed by atoms with E-state index in [4.69, 9.17) is 0 Å². The fourth-order valence-corrected chi connectivity index (χ4v) is 6.02. The molecule has 0 aromatic heterocycles. The summed E-state index contributed by atoms with van der Waals surface area (Å²) in [7, 11) is -4.10. The Balaban J connectivity index is 1.77. The van der Waals surface area contributed by atoms with Crippen molar-refractivity contribution in [2.45, 2.75) is 37.8 Å². The molecule has 0 radical (unpaired) electrons. The van der Waals surface area contributed by atoms with E-state index in [1.165, 1.54) is 17.0 Å². The lowest BCUT2D eigenvalue weighted by Gasteiger charge is -2.33. The maximum absolute atomic E-state index is 14.3. The molecule has 0 heterocycles. The fraction of sp³-hybridized carbons (Fsp3) is 0.212. The largest absolute Gasteiger partial charge is 0.355 e. The molecule has 0 aliphatic heterocycles. The second-order valence-corrected chi connectivity index (χ2v) is 11.6. The number of nitrogens with zero attached hydrogens (tertiary/aromatic N) is 2. The van der Waals surface area contributed by atoms with Crippen LogP contribution in [0.3, 0.4) is 0 Å². The monoisotopic (exact) mass is 569 g/mol. The van der Waals surface area contributed by atoms with Crippen LogP contribution >= 0.6 is 0 Å². The number of anilines is 1. The Bertz CT molecular complexity index is 1530. The van der Waals surface area contributed by atoms with Gasteiger partial charge >= 0.3 is 0 Å². The van der Waals surface area contributed by atoms with Crippen molar-refractivity contribution in [3.8, 4) is 0 Å². The number of hydrogen-bond acceptors (Lipinski definition) is 4. The first kappa shape index (κ1) is 29.6. The highest BCUT2D eigenvalue weighted by Crippen LogP contribution is 2.25. The zero-order chi connectivity index (χ0) is 29.2. The van der Waals surface area contributed by atoms with E-state index >= 15 is 0 Å². The molecule has 0 bridgehead atoms. The van der Waals surface area contributed by atoms with Crippen molar-refractivity contribution < 1.29 is 18.0 Å². The molecule has 0 saturated carbocycles. The minimum absolute atomic E-state index is 0.0764. The summed E-state index contributed by atoms with van der Waals surface area (Å²) in [5.74, 6) is -0.783. The Morgan fingerprint density at radius 1 is 0.756 bits per heavy atom. The standard InChI is InChI=1S/C33H35N3O4S/c1-3-34-33(38)31(23-27-13-7-4-8-14-27)35(24-28-15-9-5-10-16-28)32(37)25-36(29-21-19-26(2)20-22-29)41(39,40)30-17-11-6-12-18-30/h4-22,31H,3,23-25H2,1-2H3,(H,34,38)/t31-/m0/s1. The zero-order valence-electron chi connectivity index (χ0n) is 23.3. The number of carbonyl (C=O) groups is 2. The number of rotatable bonds is 12. The summed E-state index contributed by atoms with van der Waals surface area (Å²) in [6.45, 7) is 3.80. The number of aryl methyl sites for hydroxylation is 1. The predicted molar refractivity (Wildman–Crippen MR) is 162 cm³/mol. The van der Waals surface area contributed by atoms with E-state index in [0.717, 1.165) is 21.0 Å². The number of benzene rings is 4. The van der Waals surface area contributed by atoms with Crippen LogP contribution in [0.2, 0.25) is 0 Å². The highest BCUT2D eigenvalue weighted by atomic mass is 32.2. The van der Waals surface area contributed by atoms with Gasteiger partial charge in [-0.3, -0.25) is 13.9 Å². The van der Waals surface area contributed by atoms with Crippen molar-refractivity contribution in [3.05, 3.63) is 132 Å². The lowest BCUT2D eigenvalue weighted by atomic mass is 10.0. The van der Waals surface area contributed by atoms with Crippen LogP contribution in [0, 0.1) is 6.92 Å². The molecule has 0 aliphatic carbocycles. The van der Waals surface area contributed by atoms with Crippen molar-refractivity contribution in [2.75, 3.05) is 17.4 Å². The Morgan fingerprint density at radius 3 is 1.85 bits per heavy atom. The molecular weight excluding hydrogens is 534 g/mol. The second-order valence-electron chi connectivity index (χ2n) is 9.77. The average Bonchev–Trinajstić information content (AvgIpc) is 2.99. The highest BCUT2D eigenvalue weighted by Gasteiger charge is 2.34. The van der Waals surface area contributed by atoms with Crippen LogP contribution in [0.4, 0.5) is 5.69 Å². The number of hydrogen-bond donors (Lipinski definition) is 1. The van der Waals surface area contributed by atoms with E-state index in [2.05, 4.69) is 5.32 Å². The summed E-state index contributed by atoms with van der Waals surface area (Å²) in [6.07, 6.45) is 0.279. The number of carbonyl (C=O) groups excluding carboxylic acids is 2. The summed E-state index contributed by atoms with van der Waals surface area (Å²) >= 11 is 0. The topological polar surface area (TPSA) is 86.8 Å². The number of likely N-dealkylation sites (N-methyl/N-ethyl adjacent to an activating group) is 1. The Kier molecular flexibility index (Phi) is 9.92. The fourth-order valence-electron chi connectivity index (χ4n) is 4.59. The van der Waals surface area contributed by atoms with Gasteiger partial charge in [0.1, 0.15) is 12.6 Å². The maximum Gasteiger partial charge on any atom is 0.264 e. The first-order valence-corrected chi connectivity index (χ1v) is 15.0. The zero-order valence-corrected chi connectivity index (χ0v) is 24.1. The van der Waals surface area contributed by atoms with Crippen LogP contribution in [0.15, 0.2) is 120 Å². The molecule has 0 spiro atoms. The van der Waals surface area contributed by atoms with Gasteiger partial charge in [-0.15, -0.1) is 0 Å². The predicted octanol–water partition coefficient (Wildman–Crippen LogP) is 4.97. The van der Waals surface area contributed by atoms with Crippen molar-refractivity contribution in [2.24, 2.45) is 0 Å². The van der Waals surface area contributed by atoms with Gasteiger partial charge in [0.25, 0.3) is 10.0 Å². The number of sulfonamides is 1. The molecular formula is C33H35N3O4S. The first-order valence-electron chi connectivity index (χ1n) is 13.6. The summed E-state index contributed by atoms with van der Waals surface area (Å²) in [6, 6.07) is 33.1. The lowest BCUT2D eigenvalue weighted by molar-refractivity contribution is -0.140. The van der Waals surface area contributed by atoms with Gasteiger partial charge in [-0.1, -0.05) is 96.6 Å². The summed E-state index contributed by atoms with van der Waals surface area (Å²) in [5.41, 5.74) is 3.05. The van der Waals surface area contributed by atoms with Gasteiger partial charge in [-0.2, -0.15) is 0 Å². The van der Waals surface area contributed by atoms with E-state index in [1.807, 2.05) is 86.6 Å². The van der Waals surface area contributed by atoms with Crippen LogP contribution in [0.5, 0.6) is 0 Å². The molecule has 41 heavy (non-hydrogen) atoms. The highest BCUT2D eigenvalue weighted by molar-refractivity contribution is 7.92. The van der Waals surface area contributed by atoms with Crippen molar-refractivity contribution in [1.29, 1.82) is 0 Å². The third-order valence-electron chi connectivity index (χ3n) is 6.75. The van der Waals surface area contributed by atoms with Crippen LogP contribution in [0.25, 0.3) is 0 Å². The van der Waals surface area contributed by atoms with Gasteiger partial charge in [0.2, 0.25) is 11.8 Å². The van der Waals surface area contributed by atoms with Crippen molar-refractivity contribution >= 4 is 27.5 Å². The third kappa shape index (κ3) is 7.61. The number of nitrogens with one attached hydrogen (secondary N) is 1. The van der Waals surface area contributed by atoms with Crippen LogP contribution in [-0.4, -0.2) is 44.3 Å². The second kappa shape index (κ2) is 13.8. The smallest absolute Gasteiger partial charge is 0.264 e. The van der Waals surface area contributed by atoms with E-state index in [-0.39, 0.29) is 23.8 Å². The lowest BCUT2D eigenvalue weighted by Crippen LogP contribution is -2.53. The summed E-state index contributed by atoms with van der Waals surface area (Å²) in [4.78, 5) is 29.3. The molecule has 1 N–H and O–H groups in total. The van der Waals surface area contributed by atoms with Gasteiger partial charge in [0.15, 0.2) is 0 Å². The van der Waals surface area contributed by atoms with E-state index in [0.29, 0.717) is 12.2 Å². The van der Waals surface area contributed by atoms with E-state index in [1.54, 1.807) is 30.3 Å². The molecule has 4 aromatic rings. The van der Waals surface area contributed by atoms with Gasteiger partial charge in [0.05, 0.1) is 10.6 Å². The summed E-state index contributed by atoms with van der Waals surface area (Å²) in [5, 5.41) is 2.87. The molecule has 4 rings (SSSR count). The maximum atomic E-state index is 14.3. The molecule has 0 fully saturated rings. The van der Waals surface area contributed by atoms with Crippen LogP contribution < -0.4 is 9.62 Å². The summed E-state index contributed by atoms with van der Waals surface area (Å²) < 4.78 is 28.9.